The van der Waals surface area contributed by atoms with Crippen molar-refractivity contribution in [3.05, 3.63) is 89.8 Å². The molecule has 0 fully saturated rings. The van der Waals surface area contributed by atoms with Crippen LogP contribution in [-0.4, -0.2) is 57.0 Å². The van der Waals surface area contributed by atoms with Gasteiger partial charge in [0.1, 0.15) is 10.7 Å². The van der Waals surface area contributed by atoms with Crippen LogP contribution in [0.2, 0.25) is 0 Å². The van der Waals surface area contributed by atoms with Crippen LogP contribution in [0.15, 0.2) is 89.2 Å². The Hall–Kier alpha value is -3.69. The molecule has 0 aliphatic heterocycles. The molecule has 9 heteroatoms. The fourth-order valence-corrected chi connectivity index (χ4v) is 5.97. The Morgan fingerprint density at radius 1 is 1.05 bits per heavy atom. The Balaban J connectivity index is 1.24. The third-order valence-corrected chi connectivity index (χ3v) is 8.43. The van der Waals surface area contributed by atoms with Crippen LogP contribution in [0.1, 0.15) is 56.3 Å². The highest BCUT2D eigenvalue weighted by molar-refractivity contribution is 7.93. The number of anilines is 1. The number of carbonyl (C=O) groups is 1. The number of carbonyl (C=O) groups excluding carboxylic acids is 1. The lowest BCUT2D eigenvalue weighted by atomic mass is 10.0. The maximum Gasteiger partial charge on any atom is 0.264 e. The monoisotopic (exact) mass is 576 g/mol. The van der Waals surface area contributed by atoms with Gasteiger partial charge in [-0.25, -0.2) is 8.42 Å². The Kier molecular flexibility index (Phi) is 10.9. The maximum atomic E-state index is 13.0. The minimum Gasteiger partial charge on any atom is -0.494 e. The van der Waals surface area contributed by atoms with E-state index >= 15 is 0 Å². The second-order valence-corrected chi connectivity index (χ2v) is 11.8. The van der Waals surface area contributed by atoms with Crippen LogP contribution >= 0.6 is 0 Å². The Morgan fingerprint density at radius 3 is 2.63 bits per heavy atom. The molecule has 0 bridgehead atoms. The molecule has 1 aliphatic carbocycles. The fraction of sp³-hybridized carbons (Fsp3) is 0.375. The first-order valence-electron chi connectivity index (χ1n) is 14.4. The van der Waals surface area contributed by atoms with Crippen molar-refractivity contribution in [3.8, 4) is 0 Å². The lowest BCUT2D eigenvalue weighted by Crippen LogP contribution is -2.31. The molecule has 0 radical (unpaired) electrons. The highest BCUT2D eigenvalue weighted by atomic mass is 32.2. The zero-order chi connectivity index (χ0) is 29.1. The third-order valence-electron chi connectivity index (χ3n) is 7.02. The first-order valence-corrected chi connectivity index (χ1v) is 15.9. The average Bonchev–Trinajstić information content (AvgIpc) is 2.98. The quantitative estimate of drug-likeness (QED) is 0.219. The summed E-state index contributed by atoms with van der Waals surface area (Å²) in [5, 5.41) is 3.72. The number of benzene rings is 2. The Morgan fingerprint density at radius 2 is 1.85 bits per heavy atom. The van der Waals surface area contributed by atoms with E-state index in [1.807, 2.05) is 12.1 Å². The summed E-state index contributed by atoms with van der Waals surface area (Å²) in [5.41, 5.74) is 2.65. The van der Waals surface area contributed by atoms with E-state index in [0.717, 1.165) is 69.5 Å². The number of para-hydroxylation sites is 1. The van der Waals surface area contributed by atoms with Gasteiger partial charge < -0.3 is 10.1 Å². The van der Waals surface area contributed by atoms with Crippen molar-refractivity contribution in [3.63, 3.8) is 0 Å². The number of hydrogen-bond acceptors (Lipinski definition) is 6. The largest absolute Gasteiger partial charge is 0.494 e. The molecule has 0 saturated heterocycles. The standard InChI is InChI=1S/C32H40N4O4S/c1-3-5-22-40-29-13-6-10-25(23-29)24-36(4-2)21-9-20-34-32(37)27-15-17-28(18-16-27)35-41(38,39)30-14-7-11-26-12-8-19-33-31(26)30/h7-8,11-19,23,35H,3-6,9-10,20-22,24H2,1-2H3,(H,34,37). The summed E-state index contributed by atoms with van der Waals surface area (Å²) in [6, 6.07) is 15.1. The lowest BCUT2D eigenvalue weighted by Gasteiger charge is -2.24. The third kappa shape index (κ3) is 8.65. The van der Waals surface area contributed by atoms with Crippen molar-refractivity contribution in [2.24, 2.45) is 0 Å². The highest BCUT2D eigenvalue weighted by Crippen LogP contribution is 2.24. The number of amides is 1. The van der Waals surface area contributed by atoms with Crippen molar-refractivity contribution >= 4 is 32.5 Å². The zero-order valence-electron chi connectivity index (χ0n) is 23.9. The van der Waals surface area contributed by atoms with Crippen molar-refractivity contribution in [1.82, 2.24) is 15.2 Å². The number of allylic oxidation sites excluding steroid dienone is 2. The van der Waals surface area contributed by atoms with Gasteiger partial charge in [-0.05, 0) is 80.8 Å². The van der Waals surface area contributed by atoms with Crippen LogP contribution in [0, 0.1) is 0 Å². The first-order chi connectivity index (χ1) is 19.9. The SMILES string of the molecule is CCCCOC1=CCCC(CN(CC)CCCNC(=O)c2ccc(NS(=O)(=O)c3cccc4cccnc34)cc2)=C1. The van der Waals surface area contributed by atoms with Gasteiger partial charge in [-0.1, -0.05) is 44.0 Å². The van der Waals surface area contributed by atoms with Gasteiger partial charge in [-0.15, -0.1) is 0 Å². The number of ether oxygens (including phenoxy) is 1. The predicted octanol–water partition coefficient (Wildman–Crippen LogP) is 5.90. The van der Waals surface area contributed by atoms with Crippen LogP contribution in [0.5, 0.6) is 0 Å². The average molecular weight is 577 g/mol. The van der Waals surface area contributed by atoms with Crippen LogP contribution in [0.25, 0.3) is 10.9 Å². The topological polar surface area (TPSA) is 101 Å². The first kappa shape index (κ1) is 30.3. The van der Waals surface area contributed by atoms with Crippen molar-refractivity contribution in [2.75, 3.05) is 37.5 Å². The molecule has 1 amide bonds. The summed E-state index contributed by atoms with van der Waals surface area (Å²) >= 11 is 0. The number of likely N-dealkylation sites (N-methyl/N-ethyl adjacent to an activating group) is 1. The summed E-state index contributed by atoms with van der Waals surface area (Å²) in [4.78, 5) is 19.4. The van der Waals surface area contributed by atoms with Gasteiger partial charge in [-0.3, -0.25) is 19.4 Å². The molecule has 2 aromatic carbocycles. The Labute approximate surface area is 243 Å². The molecule has 2 N–H and O–H groups in total. The van der Waals surface area contributed by atoms with Crippen molar-refractivity contribution in [1.29, 1.82) is 0 Å². The number of hydrogen-bond donors (Lipinski definition) is 2. The van der Waals surface area contributed by atoms with Crippen LogP contribution in [0.4, 0.5) is 5.69 Å². The van der Waals surface area contributed by atoms with E-state index in [0.29, 0.717) is 23.3 Å². The molecule has 3 aromatic rings. The number of aromatic nitrogens is 1. The number of pyridine rings is 1. The van der Waals surface area contributed by atoms with E-state index in [4.69, 9.17) is 4.74 Å². The molecular formula is C32H40N4O4S. The van der Waals surface area contributed by atoms with E-state index in [2.05, 4.69) is 45.9 Å². The number of fused-ring (bicyclic) bond motifs is 1. The van der Waals surface area contributed by atoms with Crippen molar-refractivity contribution in [2.45, 2.75) is 50.8 Å². The summed E-state index contributed by atoms with van der Waals surface area (Å²) in [7, 11) is -3.85. The second-order valence-electron chi connectivity index (χ2n) is 10.1. The van der Waals surface area contributed by atoms with E-state index in [9.17, 15) is 13.2 Å². The summed E-state index contributed by atoms with van der Waals surface area (Å²) < 4.78 is 34.6. The highest BCUT2D eigenvalue weighted by Gasteiger charge is 2.18. The fourth-order valence-electron chi connectivity index (χ4n) is 4.73. The maximum absolute atomic E-state index is 13.0. The molecule has 1 heterocycles. The van der Waals surface area contributed by atoms with E-state index in [1.54, 1.807) is 42.6 Å². The molecule has 1 aromatic heterocycles. The molecule has 41 heavy (non-hydrogen) atoms. The molecule has 0 unspecified atom stereocenters. The van der Waals surface area contributed by atoms with Crippen LogP contribution in [0.3, 0.4) is 0 Å². The molecular weight excluding hydrogens is 536 g/mol. The van der Waals surface area contributed by atoms with Gasteiger partial charge in [0.15, 0.2) is 0 Å². The molecule has 0 atom stereocenters. The number of sulfonamides is 1. The summed E-state index contributed by atoms with van der Waals surface area (Å²) in [6.07, 6.45) is 11.0. The molecule has 0 spiro atoms. The van der Waals surface area contributed by atoms with Gasteiger partial charge >= 0.3 is 0 Å². The summed E-state index contributed by atoms with van der Waals surface area (Å²) in [6.45, 7) is 8.37. The van der Waals surface area contributed by atoms with Gasteiger partial charge in [0.25, 0.3) is 15.9 Å². The smallest absolute Gasteiger partial charge is 0.264 e. The number of nitrogens with zero attached hydrogens (tertiary/aromatic N) is 2. The molecule has 4 rings (SSSR count). The molecule has 8 nitrogen and oxygen atoms in total. The minimum atomic E-state index is -3.85. The molecule has 218 valence electrons. The molecule has 0 saturated carbocycles. The summed E-state index contributed by atoms with van der Waals surface area (Å²) in [5.74, 6) is 0.808. The predicted molar refractivity (Wildman–Crippen MR) is 164 cm³/mol. The number of nitrogens with one attached hydrogen (secondary N) is 2. The molecule has 1 aliphatic rings. The zero-order valence-corrected chi connectivity index (χ0v) is 24.8. The van der Waals surface area contributed by atoms with E-state index < -0.39 is 10.0 Å². The minimum absolute atomic E-state index is 0.107. The number of unbranched alkanes of at least 4 members (excludes halogenated alkanes) is 1. The van der Waals surface area contributed by atoms with E-state index in [1.165, 1.54) is 11.6 Å². The van der Waals surface area contributed by atoms with Gasteiger partial charge in [0.05, 0.1) is 12.1 Å². The van der Waals surface area contributed by atoms with Crippen LogP contribution in [-0.2, 0) is 14.8 Å². The Bertz CT molecular complexity index is 1480. The van der Waals surface area contributed by atoms with E-state index in [-0.39, 0.29) is 10.8 Å². The van der Waals surface area contributed by atoms with Gasteiger partial charge in [0, 0.05) is 42.5 Å². The second kappa shape index (κ2) is 14.8. The van der Waals surface area contributed by atoms with Crippen molar-refractivity contribution < 1.29 is 17.9 Å². The normalized spacial score (nSPS) is 13.5. The number of rotatable bonds is 15. The van der Waals surface area contributed by atoms with Gasteiger partial charge in [-0.2, -0.15) is 0 Å². The van der Waals surface area contributed by atoms with Gasteiger partial charge in [0.2, 0.25) is 0 Å². The van der Waals surface area contributed by atoms with Crippen LogP contribution < -0.4 is 10.0 Å². The lowest BCUT2D eigenvalue weighted by molar-refractivity contribution is 0.0952.